The zero-order chi connectivity index (χ0) is 13.8. The standard InChI is InChI=1S/C11H23N3O3S/c1-3-18(16,17)14(2)8-10(15)13-11(9-12)6-4-5-7-11/h3-9,12H2,1-2H3,(H,13,15). The van der Waals surface area contributed by atoms with E-state index in [1.165, 1.54) is 7.05 Å². The summed E-state index contributed by atoms with van der Waals surface area (Å²) in [6, 6.07) is 0. The van der Waals surface area contributed by atoms with E-state index in [0.29, 0.717) is 6.54 Å². The molecular formula is C11H23N3O3S. The summed E-state index contributed by atoms with van der Waals surface area (Å²) < 4.78 is 24.2. The summed E-state index contributed by atoms with van der Waals surface area (Å²) in [6.45, 7) is 1.82. The zero-order valence-corrected chi connectivity index (χ0v) is 11.9. The molecule has 1 rings (SSSR count). The summed E-state index contributed by atoms with van der Waals surface area (Å²) in [5, 5.41) is 2.90. The lowest BCUT2D eigenvalue weighted by Gasteiger charge is -2.29. The molecule has 0 aromatic heterocycles. The van der Waals surface area contributed by atoms with Gasteiger partial charge in [0.05, 0.1) is 17.8 Å². The first-order valence-corrected chi connectivity index (χ1v) is 7.91. The van der Waals surface area contributed by atoms with E-state index in [1.54, 1.807) is 6.92 Å². The highest BCUT2D eigenvalue weighted by molar-refractivity contribution is 7.89. The molecule has 18 heavy (non-hydrogen) atoms. The minimum Gasteiger partial charge on any atom is -0.348 e. The van der Waals surface area contributed by atoms with Crippen molar-refractivity contribution in [3.05, 3.63) is 0 Å². The van der Waals surface area contributed by atoms with Crippen LogP contribution < -0.4 is 11.1 Å². The van der Waals surface area contributed by atoms with Gasteiger partial charge in [-0.15, -0.1) is 0 Å². The third-order valence-corrected chi connectivity index (χ3v) is 5.37. The summed E-state index contributed by atoms with van der Waals surface area (Å²) >= 11 is 0. The maximum absolute atomic E-state index is 11.9. The van der Waals surface area contributed by atoms with Crippen LogP contribution in [0.3, 0.4) is 0 Å². The smallest absolute Gasteiger partial charge is 0.235 e. The molecule has 0 unspecified atom stereocenters. The number of carbonyl (C=O) groups excluding carboxylic acids is 1. The van der Waals surface area contributed by atoms with E-state index >= 15 is 0 Å². The van der Waals surface area contributed by atoms with Crippen molar-refractivity contribution in [2.24, 2.45) is 5.73 Å². The SMILES string of the molecule is CCS(=O)(=O)N(C)CC(=O)NC1(CN)CCCC1. The largest absolute Gasteiger partial charge is 0.348 e. The van der Waals surface area contributed by atoms with E-state index in [2.05, 4.69) is 5.32 Å². The van der Waals surface area contributed by atoms with Crippen LogP contribution in [-0.4, -0.2) is 50.1 Å². The second-order valence-electron chi connectivity index (χ2n) is 4.90. The van der Waals surface area contributed by atoms with E-state index in [9.17, 15) is 13.2 Å². The number of nitrogens with two attached hydrogens (primary N) is 1. The molecule has 0 aliphatic heterocycles. The maximum atomic E-state index is 11.9. The van der Waals surface area contributed by atoms with Crippen molar-refractivity contribution in [2.45, 2.75) is 38.1 Å². The van der Waals surface area contributed by atoms with Crippen LogP contribution in [-0.2, 0) is 14.8 Å². The molecule has 1 fully saturated rings. The molecule has 6 nitrogen and oxygen atoms in total. The van der Waals surface area contributed by atoms with Crippen molar-refractivity contribution >= 4 is 15.9 Å². The highest BCUT2D eigenvalue weighted by atomic mass is 32.2. The van der Waals surface area contributed by atoms with Crippen molar-refractivity contribution in [1.29, 1.82) is 0 Å². The van der Waals surface area contributed by atoms with Gasteiger partial charge in [0.25, 0.3) is 0 Å². The molecule has 0 spiro atoms. The Morgan fingerprint density at radius 1 is 1.39 bits per heavy atom. The number of likely N-dealkylation sites (N-methyl/N-ethyl adjacent to an activating group) is 1. The molecule has 106 valence electrons. The summed E-state index contributed by atoms with van der Waals surface area (Å²) in [4.78, 5) is 11.9. The molecule has 0 radical (unpaired) electrons. The van der Waals surface area contributed by atoms with E-state index in [4.69, 9.17) is 5.73 Å². The van der Waals surface area contributed by atoms with Crippen molar-refractivity contribution in [2.75, 3.05) is 25.9 Å². The monoisotopic (exact) mass is 277 g/mol. The number of hydrogen-bond acceptors (Lipinski definition) is 4. The fraction of sp³-hybridized carbons (Fsp3) is 0.909. The summed E-state index contributed by atoms with van der Waals surface area (Å²) in [5.41, 5.74) is 5.39. The lowest BCUT2D eigenvalue weighted by atomic mass is 9.98. The fourth-order valence-corrected chi connectivity index (χ4v) is 3.04. The normalized spacial score (nSPS) is 19.1. The predicted octanol–water partition coefficient (Wildman–Crippen LogP) is -0.344. The topological polar surface area (TPSA) is 92.5 Å². The van der Waals surface area contributed by atoms with Gasteiger partial charge >= 0.3 is 0 Å². The number of rotatable bonds is 6. The lowest BCUT2D eigenvalue weighted by Crippen LogP contribution is -2.54. The number of hydrogen-bond donors (Lipinski definition) is 2. The lowest BCUT2D eigenvalue weighted by molar-refractivity contribution is -0.122. The van der Waals surface area contributed by atoms with Crippen molar-refractivity contribution < 1.29 is 13.2 Å². The van der Waals surface area contributed by atoms with Gasteiger partial charge in [0, 0.05) is 13.6 Å². The molecule has 0 bridgehead atoms. The average molecular weight is 277 g/mol. The molecule has 3 N–H and O–H groups in total. The number of amides is 1. The van der Waals surface area contributed by atoms with Gasteiger partial charge in [0.1, 0.15) is 0 Å². The molecule has 1 amide bonds. The Balaban J connectivity index is 2.56. The third-order valence-electron chi connectivity index (χ3n) is 3.56. The number of carbonyl (C=O) groups is 1. The second kappa shape index (κ2) is 5.99. The van der Waals surface area contributed by atoms with Gasteiger partial charge in [-0.3, -0.25) is 4.79 Å². The molecule has 0 saturated heterocycles. The molecule has 1 aliphatic carbocycles. The Hall–Kier alpha value is -0.660. The van der Waals surface area contributed by atoms with Gasteiger partial charge in [-0.05, 0) is 19.8 Å². The van der Waals surface area contributed by atoms with Crippen LogP contribution >= 0.6 is 0 Å². The Bertz CT molecular complexity index is 388. The van der Waals surface area contributed by atoms with Crippen molar-refractivity contribution in [3.8, 4) is 0 Å². The Kier molecular flexibility index (Phi) is 5.12. The summed E-state index contributed by atoms with van der Waals surface area (Å²) in [5.74, 6) is -0.277. The van der Waals surface area contributed by atoms with E-state index < -0.39 is 10.0 Å². The minimum atomic E-state index is -3.31. The first-order valence-electron chi connectivity index (χ1n) is 6.30. The average Bonchev–Trinajstić information content (AvgIpc) is 2.77. The highest BCUT2D eigenvalue weighted by Gasteiger charge is 2.34. The van der Waals surface area contributed by atoms with Gasteiger partial charge in [-0.2, -0.15) is 4.31 Å². The predicted molar refractivity (Wildman–Crippen MR) is 70.5 cm³/mol. The number of nitrogens with zero attached hydrogens (tertiary/aromatic N) is 1. The van der Waals surface area contributed by atoms with Crippen molar-refractivity contribution in [1.82, 2.24) is 9.62 Å². The highest BCUT2D eigenvalue weighted by Crippen LogP contribution is 2.28. The summed E-state index contributed by atoms with van der Waals surface area (Å²) in [7, 11) is -1.89. The second-order valence-corrected chi connectivity index (χ2v) is 7.26. The molecular weight excluding hydrogens is 254 g/mol. The van der Waals surface area contributed by atoms with E-state index in [0.717, 1.165) is 30.0 Å². The molecule has 0 heterocycles. The maximum Gasteiger partial charge on any atom is 0.235 e. The molecule has 1 aliphatic rings. The van der Waals surface area contributed by atoms with Crippen LogP contribution in [0.2, 0.25) is 0 Å². The summed E-state index contributed by atoms with van der Waals surface area (Å²) in [6.07, 6.45) is 3.86. The molecule has 0 aromatic carbocycles. The van der Waals surface area contributed by atoms with Gasteiger partial charge in [0.2, 0.25) is 15.9 Å². The molecule has 1 saturated carbocycles. The number of nitrogens with one attached hydrogen (secondary N) is 1. The van der Waals surface area contributed by atoms with Crippen LogP contribution in [0.4, 0.5) is 0 Å². The Labute approximate surface area is 109 Å². The van der Waals surface area contributed by atoms with Crippen molar-refractivity contribution in [3.63, 3.8) is 0 Å². The van der Waals surface area contributed by atoms with Crippen LogP contribution in [0.15, 0.2) is 0 Å². The van der Waals surface area contributed by atoms with Gasteiger partial charge in [-0.1, -0.05) is 12.8 Å². The molecule has 0 aromatic rings. The van der Waals surface area contributed by atoms with Crippen LogP contribution in [0.25, 0.3) is 0 Å². The van der Waals surface area contributed by atoms with Crippen LogP contribution in [0.1, 0.15) is 32.6 Å². The van der Waals surface area contributed by atoms with Gasteiger partial charge in [0.15, 0.2) is 0 Å². The minimum absolute atomic E-state index is 0.00118. The quantitative estimate of drug-likeness (QED) is 0.694. The number of sulfonamides is 1. The van der Waals surface area contributed by atoms with E-state index in [-0.39, 0.29) is 23.7 Å². The Morgan fingerprint density at radius 3 is 2.39 bits per heavy atom. The first-order chi connectivity index (χ1) is 8.35. The molecule has 7 heteroatoms. The molecule has 0 atom stereocenters. The van der Waals surface area contributed by atoms with Crippen LogP contribution in [0.5, 0.6) is 0 Å². The zero-order valence-electron chi connectivity index (χ0n) is 11.1. The van der Waals surface area contributed by atoms with Gasteiger partial charge in [-0.25, -0.2) is 8.42 Å². The third kappa shape index (κ3) is 3.66. The first kappa shape index (κ1) is 15.4. The van der Waals surface area contributed by atoms with Crippen LogP contribution in [0, 0.1) is 0 Å². The fourth-order valence-electron chi connectivity index (χ4n) is 2.29. The van der Waals surface area contributed by atoms with Gasteiger partial charge < -0.3 is 11.1 Å². The Morgan fingerprint density at radius 2 is 1.94 bits per heavy atom. The van der Waals surface area contributed by atoms with E-state index in [1.807, 2.05) is 0 Å².